The highest BCUT2D eigenvalue weighted by Crippen LogP contribution is 2.45. The molecule has 1 aliphatic rings. The van der Waals surface area contributed by atoms with Crippen molar-refractivity contribution >= 4 is 39.1 Å². The Labute approximate surface area is 154 Å². The molecule has 1 nitrogen and oxygen atoms in total. The van der Waals surface area contributed by atoms with Crippen molar-refractivity contribution < 1.29 is 5.11 Å². The van der Waals surface area contributed by atoms with Crippen LogP contribution in [0.2, 0.25) is 0 Å². The van der Waals surface area contributed by atoms with E-state index < -0.39 is 9.93 Å². The Bertz CT molecular complexity index is 768. The fourth-order valence-corrected chi connectivity index (χ4v) is 3.69. The molecule has 1 atom stereocenters. The van der Waals surface area contributed by atoms with Gasteiger partial charge >= 0.3 is 0 Å². The van der Waals surface area contributed by atoms with Gasteiger partial charge in [0.25, 0.3) is 0 Å². The highest BCUT2D eigenvalue weighted by molar-refractivity contribution is 9.10. The molecule has 0 saturated heterocycles. The Balaban J connectivity index is 2.19. The van der Waals surface area contributed by atoms with Gasteiger partial charge in [0.15, 0.2) is 0 Å². The van der Waals surface area contributed by atoms with Crippen LogP contribution in [0.3, 0.4) is 0 Å². The Hall–Kier alpha value is -1.06. The molecular formula is C19H15BrCl2O. The normalized spacial score (nSPS) is 19.0. The first kappa shape index (κ1) is 16.8. The highest BCUT2D eigenvalue weighted by Gasteiger charge is 2.40. The van der Waals surface area contributed by atoms with Crippen LogP contribution in [0.4, 0.5) is 0 Å². The molecular weight excluding hydrogens is 395 g/mol. The van der Waals surface area contributed by atoms with E-state index in [1.807, 2.05) is 60.7 Å². The molecule has 3 rings (SSSR count). The van der Waals surface area contributed by atoms with Gasteiger partial charge < -0.3 is 5.11 Å². The van der Waals surface area contributed by atoms with Gasteiger partial charge in [-0.05, 0) is 34.9 Å². The quantitative estimate of drug-likeness (QED) is 0.640. The molecule has 4 heteroatoms. The van der Waals surface area contributed by atoms with Crippen LogP contribution in [0.25, 0.3) is 0 Å². The lowest BCUT2D eigenvalue weighted by Crippen LogP contribution is -2.33. The number of aliphatic hydroxyl groups is 1. The summed E-state index contributed by atoms with van der Waals surface area (Å²) in [6.07, 6.45) is 5.76. The van der Waals surface area contributed by atoms with E-state index in [-0.39, 0.29) is 0 Å². The SMILES string of the molecule is OC(C1=CC=CC(Cl)(Cl)C1)(c1ccccc1)c1cccc(Br)c1. The summed E-state index contributed by atoms with van der Waals surface area (Å²) in [6, 6.07) is 17.2. The predicted octanol–water partition coefficient (Wildman–Crippen LogP) is 5.75. The first-order chi connectivity index (χ1) is 10.9. The third kappa shape index (κ3) is 3.41. The van der Waals surface area contributed by atoms with Crippen LogP contribution >= 0.6 is 39.1 Å². The second-order valence-corrected chi connectivity index (χ2v) is 8.03. The van der Waals surface area contributed by atoms with Crippen LogP contribution in [-0.2, 0) is 5.60 Å². The van der Waals surface area contributed by atoms with Crippen molar-refractivity contribution in [3.63, 3.8) is 0 Å². The Kier molecular flexibility index (Phi) is 4.70. The molecule has 0 spiro atoms. The molecule has 0 fully saturated rings. The lowest BCUT2D eigenvalue weighted by molar-refractivity contribution is 0.116. The van der Waals surface area contributed by atoms with Gasteiger partial charge in [-0.1, -0.05) is 93.7 Å². The first-order valence-electron chi connectivity index (χ1n) is 7.22. The minimum absolute atomic E-state index is 0.352. The molecule has 0 saturated carbocycles. The largest absolute Gasteiger partial charge is 0.376 e. The summed E-state index contributed by atoms with van der Waals surface area (Å²) in [5.41, 5.74) is 1.02. The zero-order chi connectivity index (χ0) is 16.5. The fraction of sp³-hybridized carbons (Fsp3) is 0.158. The first-order valence-corrected chi connectivity index (χ1v) is 8.77. The second-order valence-electron chi connectivity index (χ2n) is 5.58. The number of alkyl halides is 2. The minimum Gasteiger partial charge on any atom is -0.376 e. The lowest BCUT2D eigenvalue weighted by atomic mass is 9.77. The average molecular weight is 410 g/mol. The van der Waals surface area contributed by atoms with Crippen molar-refractivity contribution in [1.29, 1.82) is 0 Å². The van der Waals surface area contributed by atoms with Crippen LogP contribution < -0.4 is 0 Å². The molecule has 0 aliphatic heterocycles. The molecule has 0 aromatic heterocycles. The van der Waals surface area contributed by atoms with Crippen molar-refractivity contribution in [1.82, 2.24) is 0 Å². The van der Waals surface area contributed by atoms with Crippen LogP contribution in [0, 0.1) is 0 Å². The number of hydrogen-bond donors (Lipinski definition) is 1. The van der Waals surface area contributed by atoms with Gasteiger partial charge in [-0.2, -0.15) is 0 Å². The number of benzene rings is 2. The van der Waals surface area contributed by atoms with Crippen LogP contribution in [0.1, 0.15) is 17.5 Å². The van der Waals surface area contributed by atoms with Crippen LogP contribution in [0.15, 0.2) is 82.9 Å². The third-order valence-electron chi connectivity index (χ3n) is 3.96. The summed E-state index contributed by atoms with van der Waals surface area (Å²) in [4.78, 5) is 0. The Morgan fingerprint density at radius 3 is 2.35 bits per heavy atom. The fourth-order valence-electron chi connectivity index (χ4n) is 2.86. The number of halogens is 3. The molecule has 0 heterocycles. The van der Waals surface area contributed by atoms with Gasteiger partial charge in [0.05, 0.1) is 0 Å². The van der Waals surface area contributed by atoms with E-state index in [4.69, 9.17) is 23.2 Å². The topological polar surface area (TPSA) is 20.2 Å². The summed E-state index contributed by atoms with van der Waals surface area (Å²) < 4.78 is -0.113. The lowest BCUT2D eigenvalue weighted by Gasteiger charge is -2.35. The molecule has 23 heavy (non-hydrogen) atoms. The maximum absolute atomic E-state index is 11.7. The van der Waals surface area contributed by atoms with Gasteiger partial charge in [0.1, 0.15) is 9.93 Å². The van der Waals surface area contributed by atoms with E-state index in [2.05, 4.69) is 15.9 Å². The zero-order valence-electron chi connectivity index (χ0n) is 12.2. The van der Waals surface area contributed by atoms with E-state index in [0.717, 1.165) is 21.2 Å². The van der Waals surface area contributed by atoms with E-state index in [1.54, 1.807) is 12.2 Å². The average Bonchev–Trinajstić information content (AvgIpc) is 2.54. The maximum Gasteiger partial charge on any atom is 0.140 e. The van der Waals surface area contributed by atoms with Crippen molar-refractivity contribution in [2.75, 3.05) is 0 Å². The van der Waals surface area contributed by atoms with Crippen LogP contribution in [0.5, 0.6) is 0 Å². The van der Waals surface area contributed by atoms with Crippen molar-refractivity contribution in [2.24, 2.45) is 0 Å². The number of rotatable bonds is 3. The molecule has 2 aromatic rings. The number of allylic oxidation sites excluding steroid dienone is 3. The van der Waals surface area contributed by atoms with Crippen LogP contribution in [-0.4, -0.2) is 9.44 Å². The van der Waals surface area contributed by atoms with Crippen molar-refractivity contribution in [2.45, 2.75) is 16.4 Å². The predicted molar refractivity (Wildman–Crippen MR) is 99.9 cm³/mol. The third-order valence-corrected chi connectivity index (χ3v) is 4.97. The molecule has 0 radical (unpaired) electrons. The molecule has 1 unspecified atom stereocenters. The second kappa shape index (κ2) is 6.45. The van der Waals surface area contributed by atoms with Gasteiger partial charge in [-0.3, -0.25) is 0 Å². The Morgan fingerprint density at radius 2 is 1.70 bits per heavy atom. The summed E-state index contributed by atoms with van der Waals surface area (Å²) in [5.74, 6) is 0. The summed E-state index contributed by atoms with van der Waals surface area (Å²) in [7, 11) is 0. The zero-order valence-corrected chi connectivity index (χ0v) is 15.3. The van der Waals surface area contributed by atoms with E-state index in [0.29, 0.717) is 6.42 Å². The molecule has 1 N–H and O–H groups in total. The highest BCUT2D eigenvalue weighted by atomic mass is 79.9. The molecule has 0 bridgehead atoms. The van der Waals surface area contributed by atoms with Gasteiger partial charge in [0.2, 0.25) is 0 Å². The summed E-state index contributed by atoms with van der Waals surface area (Å²) >= 11 is 16.1. The van der Waals surface area contributed by atoms with E-state index in [9.17, 15) is 5.11 Å². The standard InChI is InChI=1S/C19H15BrCl2O/c20-17-10-4-8-15(12-17)19(23,14-6-2-1-3-7-14)16-9-5-11-18(21,22)13-16/h1-12,23H,13H2. The maximum atomic E-state index is 11.7. The smallest absolute Gasteiger partial charge is 0.140 e. The van der Waals surface area contributed by atoms with Gasteiger partial charge in [-0.15, -0.1) is 0 Å². The molecule has 1 aliphatic carbocycles. The summed E-state index contributed by atoms with van der Waals surface area (Å²) in [6.45, 7) is 0. The molecule has 0 amide bonds. The van der Waals surface area contributed by atoms with E-state index >= 15 is 0 Å². The molecule has 2 aromatic carbocycles. The Morgan fingerprint density at radius 1 is 1.00 bits per heavy atom. The van der Waals surface area contributed by atoms with Crippen molar-refractivity contribution in [3.05, 3.63) is 94.0 Å². The van der Waals surface area contributed by atoms with Crippen molar-refractivity contribution in [3.8, 4) is 0 Å². The van der Waals surface area contributed by atoms with Gasteiger partial charge in [0, 0.05) is 10.9 Å². The molecule has 118 valence electrons. The minimum atomic E-state index is -1.29. The van der Waals surface area contributed by atoms with E-state index in [1.165, 1.54) is 0 Å². The number of hydrogen-bond acceptors (Lipinski definition) is 1. The monoisotopic (exact) mass is 408 g/mol. The van der Waals surface area contributed by atoms with Gasteiger partial charge in [-0.25, -0.2) is 0 Å². The summed E-state index contributed by atoms with van der Waals surface area (Å²) in [5, 5.41) is 11.7.